The molecular weight excluding hydrogens is 250 g/mol. The number of benzene rings is 2. The van der Waals surface area contributed by atoms with Crippen LogP contribution in [-0.4, -0.2) is 12.5 Å². The molecule has 0 aliphatic heterocycles. The van der Waals surface area contributed by atoms with Crippen LogP contribution in [0.25, 0.3) is 0 Å². The van der Waals surface area contributed by atoms with Crippen molar-refractivity contribution in [3.8, 4) is 5.75 Å². The third kappa shape index (κ3) is 4.12. The number of carbonyl (C=O) groups is 1. The molecule has 0 aliphatic rings. The van der Waals surface area contributed by atoms with Crippen LogP contribution in [0.3, 0.4) is 0 Å². The predicted molar refractivity (Wildman–Crippen MR) is 79.3 cm³/mol. The summed E-state index contributed by atoms with van der Waals surface area (Å²) in [5.74, 6) is 0.588. The van der Waals surface area contributed by atoms with Gasteiger partial charge < -0.3 is 10.1 Å². The predicted octanol–water partition coefficient (Wildman–Crippen LogP) is 2.76. The molecule has 0 aromatic heterocycles. The Bertz CT molecular complexity index is 552. The fraction of sp³-hybridized carbons (Fsp3) is 0.176. The van der Waals surface area contributed by atoms with Crippen LogP contribution < -0.4 is 10.1 Å². The Balaban J connectivity index is 1.80. The maximum atomic E-state index is 11.7. The Morgan fingerprint density at radius 2 is 1.75 bits per heavy atom. The largest absolute Gasteiger partial charge is 0.483 e. The quantitative estimate of drug-likeness (QED) is 0.875. The first-order valence-electron chi connectivity index (χ1n) is 6.60. The van der Waals surface area contributed by atoms with Gasteiger partial charge in [0.2, 0.25) is 0 Å². The van der Waals surface area contributed by atoms with Crippen LogP contribution in [0.15, 0.2) is 54.6 Å². The maximum Gasteiger partial charge on any atom is 0.258 e. The third-order valence-corrected chi connectivity index (χ3v) is 2.93. The lowest BCUT2D eigenvalue weighted by molar-refractivity contribution is -0.123. The van der Waals surface area contributed by atoms with Crippen LogP contribution in [0.5, 0.6) is 5.75 Å². The van der Waals surface area contributed by atoms with Gasteiger partial charge in [0.25, 0.3) is 5.91 Å². The summed E-state index contributed by atoms with van der Waals surface area (Å²) in [5.41, 5.74) is 2.07. The molecule has 2 aromatic rings. The van der Waals surface area contributed by atoms with Crippen molar-refractivity contribution < 1.29 is 9.53 Å². The summed E-state index contributed by atoms with van der Waals surface area (Å²) >= 11 is 0. The lowest BCUT2D eigenvalue weighted by atomic mass is 10.1. The highest BCUT2D eigenvalue weighted by Crippen LogP contribution is 2.17. The summed E-state index contributed by atoms with van der Waals surface area (Å²) in [6.07, 6.45) is 0.641. The van der Waals surface area contributed by atoms with Gasteiger partial charge in [0, 0.05) is 6.54 Å². The van der Waals surface area contributed by atoms with E-state index in [4.69, 9.17) is 4.74 Å². The van der Waals surface area contributed by atoms with Crippen LogP contribution in [0.2, 0.25) is 0 Å². The monoisotopic (exact) mass is 268 g/mol. The molecule has 2 rings (SSSR count). The molecule has 1 N–H and O–H groups in total. The molecule has 1 amide bonds. The fourth-order valence-corrected chi connectivity index (χ4v) is 1.84. The second-order valence-corrected chi connectivity index (χ2v) is 4.41. The van der Waals surface area contributed by atoms with E-state index in [2.05, 4.69) is 12.2 Å². The molecular formula is C17H18NO2. The molecule has 0 spiro atoms. The molecule has 0 heterocycles. The summed E-state index contributed by atoms with van der Waals surface area (Å²) in [7, 11) is 0. The molecule has 0 atom stereocenters. The van der Waals surface area contributed by atoms with Crippen molar-refractivity contribution in [2.45, 2.75) is 13.0 Å². The standard InChI is InChI=1S/C17H18NO2/c1-2-15-10-6-7-11-16(15)20-13-17(19)18-12-14-8-4-3-5-9-14/h3-11H,1-2,12-13H2,(H,18,19). The zero-order valence-electron chi connectivity index (χ0n) is 11.3. The van der Waals surface area contributed by atoms with E-state index >= 15 is 0 Å². The van der Waals surface area contributed by atoms with Crippen LogP contribution in [0.4, 0.5) is 0 Å². The Morgan fingerprint density at radius 1 is 1.05 bits per heavy atom. The van der Waals surface area contributed by atoms with Crippen molar-refractivity contribution in [3.63, 3.8) is 0 Å². The second-order valence-electron chi connectivity index (χ2n) is 4.41. The zero-order chi connectivity index (χ0) is 14.2. The highest BCUT2D eigenvalue weighted by atomic mass is 16.5. The van der Waals surface area contributed by atoms with Crippen molar-refractivity contribution in [1.29, 1.82) is 0 Å². The van der Waals surface area contributed by atoms with E-state index in [0.29, 0.717) is 13.0 Å². The number of rotatable bonds is 6. The van der Waals surface area contributed by atoms with Gasteiger partial charge in [-0.25, -0.2) is 0 Å². The van der Waals surface area contributed by atoms with Crippen molar-refractivity contribution in [2.24, 2.45) is 0 Å². The number of amides is 1. The Labute approximate surface area is 119 Å². The van der Waals surface area contributed by atoms with E-state index in [1.807, 2.05) is 54.6 Å². The zero-order valence-corrected chi connectivity index (χ0v) is 11.3. The molecule has 103 valence electrons. The van der Waals surface area contributed by atoms with E-state index < -0.39 is 0 Å². The minimum absolute atomic E-state index is 0.0177. The molecule has 2 aromatic carbocycles. The summed E-state index contributed by atoms with van der Waals surface area (Å²) in [5, 5.41) is 2.83. The number of hydrogen-bond donors (Lipinski definition) is 1. The Hall–Kier alpha value is -2.29. The van der Waals surface area contributed by atoms with Crippen LogP contribution in [0.1, 0.15) is 11.1 Å². The number of carbonyl (C=O) groups excluding carboxylic acids is 1. The highest BCUT2D eigenvalue weighted by Gasteiger charge is 2.05. The van der Waals surface area contributed by atoms with E-state index in [1.54, 1.807) is 0 Å². The summed E-state index contributed by atoms with van der Waals surface area (Å²) in [6, 6.07) is 17.4. The van der Waals surface area contributed by atoms with Gasteiger partial charge in [0.05, 0.1) is 0 Å². The first kappa shape index (κ1) is 14.1. The number of para-hydroxylation sites is 1. The minimum Gasteiger partial charge on any atom is -0.483 e. The van der Waals surface area contributed by atoms with E-state index in [9.17, 15) is 4.79 Å². The molecule has 0 aliphatic carbocycles. The molecule has 3 nitrogen and oxygen atoms in total. The minimum atomic E-state index is -0.132. The molecule has 0 unspecified atom stereocenters. The first-order chi connectivity index (χ1) is 9.79. The van der Waals surface area contributed by atoms with Crippen molar-refractivity contribution in [2.75, 3.05) is 6.61 Å². The molecule has 1 radical (unpaired) electrons. The van der Waals surface area contributed by atoms with E-state index in [-0.39, 0.29) is 12.5 Å². The first-order valence-corrected chi connectivity index (χ1v) is 6.60. The maximum absolute atomic E-state index is 11.7. The second kappa shape index (κ2) is 7.34. The number of nitrogens with one attached hydrogen (secondary N) is 1. The van der Waals surface area contributed by atoms with Gasteiger partial charge >= 0.3 is 0 Å². The molecule has 3 heteroatoms. The van der Waals surface area contributed by atoms with Gasteiger partial charge in [0.15, 0.2) is 6.61 Å². The average Bonchev–Trinajstić information content (AvgIpc) is 2.52. The van der Waals surface area contributed by atoms with Gasteiger partial charge in [0.1, 0.15) is 5.75 Å². The average molecular weight is 268 g/mol. The van der Waals surface area contributed by atoms with Crippen LogP contribution in [0, 0.1) is 6.92 Å². The fourth-order valence-electron chi connectivity index (χ4n) is 1.84. The topological polar surface area (TPSA) is 38.3 Å². The van der Waals surface area contributed by atoms with Gasteiger partial charge in [-0.2, -0.15) is 0 Å². The van der Waals surface area contributed by atoms with Gasteiger partial charge in [-0.15, -0.1) is 0 Å². The van der Waals surface area contributed by atoms with Crippen molar-refractivity contribution >= 4 is 5.91 Å². The molecule has 0 saturated heterocycles. The highest BCUT2D eigenvalue weighted by molar-refractivity contribution is 5.77. The van der Waals surface area contributed by atoms with Gasteiger partial charge in [-0.3, -0.25) is 4.79 Å². The van der Waals surface area contributed by atoms with Gasteiger partial charge in [-0.05, 0) is 30.5 Å². The SMILES string of the molecule is [CH2]Cc1ccccc1OCC(=O)NCc1ccccc1. The molecule has 0 bridgehead atoms. The molecule has 0 saturated carbocycles. The number of hydrogen-bond acceptors (Lipinski definition) is 2. The Morgan fingerprint density at radius 3 is 2.50 bits per heavy atom. The summed E-state index contributed by atoms with van der Waals surface area (Å²) in [4.78, 5) is 11.7. The van der Waals surface area contributed by atoms with E-state index in [0.717, 1.165) is 16.9 Å². The van der Waals surface area contributed by atoms with Gasteiger partial charge in [-0.1, -0.05) is 48.5 Å². The van der Waals surface area contributed by atoms with Crippen LogP contribution in [-0.2, 0) is 17.8 Å². The smallest absolute Gasteiger partial charge is 0.258 e. The third-order valence-electron chi connectivity index (χ3n) is 2.93. The number of ether oxygens (including phenoxy) is 1. The van der Waals surface area contributed by atoms with Crippen LogP contribution >= 0.6 is 0 Å². The molecule has 0 fully saturated rings. The van der Waals surface area contributed by atoms with Crippen molar-refractivity contribution in [1.82, 2.24) is 5.32 Å². The summed E-state index contributed by atoms with van der Waals surface area (Å²) < 4.78 is 5.53. The van der Waals surface area contributed by atoms with E-state index in [1.165, 1.54) is 0 Å². The lowest BCUT2D eigenvalue weighted by Crippen LogP contribution is -2.28. The Kier molecular flexibility index (Phi) is 5.18. The lowest BCUT2D eigenvalue weighted by Gasteiger charge is -2.10. The molecule has 20 heavy (non-hydrogen) atoms. The summed E-state index contributed by atoms with van der Waals surface area (Å²) in [6.45, 7) is 4.37. The van der Waals surface area contributed by atoms with Crippen molar-refractivity contribution in [3.05, 3.63) is 72.6 Å². The normalized spacial score (nSPS) is 10.1.